The minimum Gasteiger partial charge on any atom is -0.479 e. The Morgan fingerprint density at radius 1 is 1.53 bits per heavy atom. The maximum absolute atomic E-state index is 11.7. The van der Waals surface area contributed by atoms with Gasteiger partial charge >= 0.3 is 5.97 Å². The zero-order chi connectivity index (χ0) is 14.3. The van der Waals surface area contributed by atoms with Crippen LogP contribution in [-0.2, 0) is 26.0 Å². The van der Waals surface area contributed by atoms with Crippen LogP contribution in [0.5, 0.6) is 0 Å². The molecule has 1 heterocycles. The largest absolute Gasteiger partial charge is 0.479 e. The maximum Gasteiger partial charge on any atom is 0.334 e. The van der Waals surface area contributed by atoms with Crippen molar-refractivity contribution in [2.45, 2.75) is 12.5 Å². The number of carboxylic acid groups (broad SMARTS) is 1. The number of methoxy groups -OCH3 is 1. The highest BCUT2D eigenvalue weighted by Crippen LogP contribution is 1.98. The molecule has 0 spiro atoms. The Hall–Kier alpha value is -1.51. The van der Waals surface area contributed by atoms with Crippen molar-refractivity contribution in [3.05, 3.63) is 30.1 Å². The van der Waals surface area contributed by atoms with E-state index in [1.807, 2.05) is 0 Å². The van der Waals surface area contributed by atoms with Gasteiger partial charge in [-0.15, -0.1) is 0 Å². The molecule has 0 fully saturated rings. The van der Waals surface area contributed by atoms with Crippen molar-refractivity contribution in [1.29, 1.82) is 0 Å². The number of aryl methyl sites for hydroxylation is 1. The first-order chi connectivity index (χ1) is 8.94. The summed E-state index contributed by atoms with van der Waals surface area (Å²) in [7, 11) is -2.34. The van der Waals surface area contributed by atoms with Gasteiger partial charge in [0.2, 0.25) is 10.0 Å². The first-order valence-corrected chi connectivity index (χ1v) is 7.22. The molecule has 0 aliphatic carbocycles. The third-order valence-electron chi connectivity index (χ3n) is 2.40. The fourth-order valence-corrected chi connectivity index (χ4v) is 2.36. The summed E-state index contributed by atoms with van der Waals surface area (Å²) >= 11 is 0. The summed E-state index contributed by atoms with van der Waals surface area (Å²) in [6, 6.07) is 5.24. The van der Waals surface area contributed by atoms with E-state index in [1.54, 1.807) is 24.4 Å². The molecule has 0 saturated heterocycles. The molecular weight excluding hydrogens is 272 g/mol. The molecule has 0 aromatic carbocycles. The van der Waals surface area contributed by atoms with Crippen LogP contribution in [0, 0.1) is 0 Å². The van der Waals surface area contributed by atoms with Gasteiger partial charge in [0.1, 0.15) is 0 Å². The van der Waals surface area contributed by atoms with Crippen LogP contribution in [0.2, 0.25) is 0 Å². The minimum atomic E-state index is -3.55. The highest BCUT2D eigenvalue weighted by Gasteiger charge is 2.19. The van der Waals surface area contributed by atoms with Crippen LogP contribution >= 0.6 is 0 Å². The van der Waals surface area contributed by atoms with Crippen LogP contribution in [-0.4, -0.2) is 50.0 Å². The van der Waals surface area contributed by atoms with Crippen molar-refractivity contribution in [3.63, 3.8) is 0 Å². The SMILES string of the molecule is COC(CNS(=O)(=O)CCc1ccccn1)C(=O)O. The molecule has 0 bridgehead atoms. The molecule has 1 aromatic heterocycles. The second-order valence-electron chi connectivity index (χ2n) is 3.80. The van der Waals surface area contributed by atoms with Crippen LogP contribution in [0.15, 0.2) is 24.4 Å². The Labute approximate surface area is 111 Å². The summed E-state index contributed by atoms with van der Waals surface area (Å²) in [5, 5.41) is 8.71. The number of hydrogen-bond acceptors (Lipinski definition) is 5. The van der Waals surface area contributed by atoms with Gasteiger partial charge in [-0.1, -0.05) is 6.07 Å². The van der Waals surface area contributed by atoms with Crippen LogP contribution < -0.4 is 4.72 Å². The number of ether oxygens (including phenoxy) is 1. The number of sulfonamides is 1. The number of nitrogens with zero attached hydrogens (tertiary/aromatic N) is 1. The Morgan fingerprint density at radius 2 is 2.26 bits per heavy atom. The maximum atomic E-state index is 11.7. The first-order valence-electron chi connectivity index (χ1n) is 5.57. The Morgan fingerprint density at radius 3 is 2.79 bits per heavy atom. The van der Waals surface area contributed by atoms with E-state index < -0.39 is 22.1 Å². The lowest BCUT2D eigenvalue weighted by Crippen LogP contribution is -2.39. The zero-order valence-electron chi connectivity index (χ0n) is 10.4. The number of aliphatic carboxylic acids is 1. The number of aromatic nitrogens is 1. The lowest BCUT2D eigenvalue weighted by molar-refractivity contribution is -0.147. The summed E-state index contributed by atoms with van der Waals surface area (Å²) in [5.74, 6) is -1.37. The van der Waals surface area contributed by atoms with Crippen LogP contribution in [0.1, 0.15) is 5.69 Å². The number of carboxylic acids is 1. The molecule has 0 saturated carbocycles. The molecule has 7 nitrogen and oxygen atoms in total. The van der Waals surface area contributed by atoms with Gasteiger partial charge in [0.25, 0.3) is 0 Å². The molecule has 2 N–H and O–H groups in total. The highest BCUT2D eigenvalue weighted by molar-refractivity contribution is 7.89. The summed E-state index contributed by atoms with van der Waals surface area (Å²) in [5.41, 5.74) is 0.661. The van der Waals surface area contributed by atoms with Crippen molar-refractivity contribution in [3.8, 4) is 0 Å². The van der Waals surface area contributed by atoms with Crippen molar-refractivity contribution in [2.24, 2.45) is 0 Å². The van der Waals surface area contributed by atoms with Crippen LogP contribution in [0.25, 0.3) is 0 Å². The van der Waals surface area contributed by atoms with E-state index in [9.17, 15) is 13.2 Å². The average molecular weight is 288 g/mol. The number of carbonyl (C=O) groups is 1. The van der Waals surface area contributed by atoms with Crippen LogP contribution in [0.4, 0.5) is 0 Å². The van der Waals surface area contributed by atoms with Gasteiger partial charge in [0, 0.05) is 32.0 Å². The summed E-state index contributed by atoms with van der Waals surface area (Å²) in [6.07, 6.45) is 0.659. The molecule has 0 aliphatic heterocycles. The molecule has 1 unspecified atom stereocenters. The van der Waals surface area contributed by atoms with E-state index >= 15 is 0 Å². The first kappa shape index (κ1) is 15.5. The van der Waals surface area contributed by atoms with E-state index in [4.69, 9.17) is 5.11 Å². The zero-order valence-corrected chi connectivity index (χ0v) is 11.3. The number of rotatable bonds is 8. The summed E-state index contributed by atoms with van der Waals surface area (Å²) in [4.78, 5) is 14.7. The van der Waals surface area contributed by atoms with Gasteiger partial charge in [-0.3, -0.25) is 4.98 Å². The van der Waals surface area contributed by atoms with Gasteiger partial charge in [0.15, 0.2) is 6.10 Å². The average Bonchev–Trinajstić information content (AvgIpc) is 2.38. The number of hydrogen-bond donors (Lipinski definition) is 2. The molecular formula is C11H16N2O5S. The van der Waals surface area contributed by atoms with Crippen LogP contribution in [0.3, 0.4) is 0 Å². The van der Waals surface area contributed by atoms with Gasteiger partial charge in [-0.25, -0.2) is 17.9 Å². The second-order valence-corrected chi connectivity index (χ2v) is 5.73. The lowest BCUT2D eigenvalue weighted by Gasteiger charge is -2.11. The molecule has 8 heteroatoms. The van der Waals surface area contributed by atoms with Gasteiger partial charge in [0.05, 0.1) is 5.75 Å². The second kappa shape index (κ2) is 7.17. The molecule has 0 amide bonds. The smallest absolute Gasteiger partial charge is 0.334 e. The molecule has 1 atom stereocenters. The Balaban J connectivity index is 2.46. The van der Waals surface area contributed by atoms with E-state index in [2.05, 4.69) is 14.4 Å². The minimum absolute atomic E-state index is 0.153. The van der Waals surface area contributed by atoms with Crippen molar-refractivity contribution in [1.82, 2.24) is 9.71 Å². The normalized spacial score (nSPS) is 13.1. The standard InChI is InChI=1S/C11H16N2O5S/c1-18-10(11(14)15)8-13-19(16,17)7-5-9-4-2-3-6-12-9/h2-4,6,10,13H,5,7-8H2,1H3,(H,14,15). The van der Waals surface area contributed by atoms with E-state index in [0.29, 0.717) is 5.69 Å². The third kappa shape index (κ3) is 5.77. The van der Waals surface area contributed by atoms with Crippen molar-refractivity contribution in [2.75, 3.05) is 19.4 Å². The molecule has 0 aliphatic rings. The van der Waals surface area contributed by atoms with E-state index in [-0.39, 0.29) is 18.7 Å². The monoisotopic (exact) mass is 288 g/mol. The molecule has 1 rings (SSSR count). The van der Waals surface area contributed by atoms with Gasteiger partial charge in [-0.2, -0.15) is 0 Å². The fraction of sp³-hybridized carbons (Fsp3) is 0.455. The van der Waals surface area contributed by atoms with Crippen molar-refractivity contribution >= 4 is 16.0 Å². The van der Waals surface area contributed by atoms with E-state index in [0.717, 1.165) is 0 Å². The summed E-state index contributed by atoms with van der Waals surface area (Å²) < 4.78 is 30.2. The van der Waals surface area contributed by atoms with Crippen molar-refractivity contribution < 1.29 is 23.1 Å². The third-order valence-corrected chi connectivity index (χ3v) is 3.75. The van der Waals surface area contributed by atoms with Gasteiger partial charge in [-0.05, 0) is 12.1 Å². The van der Waals surface area contributed by atoms with Gasteiger partial charge < -0.3 is 9.84 Å². The lowest BCUT2D eigenvalue weighted by atomic mass is 10.3. The quantitative estimate of drug-likeness (QED) is 0.677. The van der Waals surface area contributed by atoms with E-state index in [1.165, 1.54) is 7.11 Å². The highest BCUT2D eigenvalue weighted by atomic mass is 32.2. The fourth-order valence-electron chi connectivity index (χ4n) is 1.33. The molecule has 0 radical (unpaired) electrons. The predicted molar refractivity (Wildman–Crippen MR) is 68.2 cm³/mol. The summed E-state index contributed by atoms with van der Waals surface area (Å²) in [6.45, 7) is -0.295. The molecule has 106 valence electrons. The number of pyridine rings is 1. The molecule has 19 heavy (non-hydrogen) atoms. The predicted octanol–water partition coefficient (Wildman–Crippen LogP) is -0.357. The molecule has 1 aromatic rings. The topological polar surface area (TPSA) is 106 Å². The number of nitrogens with one attached hydrogen (secondary N) is 1. The Bertz CT molecular complexity index is 503. The Kier molecular flexibility index (Phi) is 5.87.